The van der Waals surface area contributed by atoms with Crippen LogP contribution in [0.25, 0.3) is 11.0 Å². The first-order valence-corrected chi connectivity index (χ1v) is 14.5. The summed E-state index contributed by atoms with van der Waals surface area (Å²) in [5, 5.41) is 9.87. The van der Waals surface area contributed by atoms with Gasteiger partial charge in [0.25, 0.3) is 11.8 Å². The first-order valence-electron chi connectivity index (χ1n) is 14.5. The van der Waals surface area contributed by atoms with E-state index in [2.05, 4.69) is 50.6 Å². The molecule has 0 atom stereocenters. The molecule has 4 heterocycles. The number of rotatable bonds is 7. The fourth-order valence-corrected chi connectivity index (χ4v) is 5.81. The molecule has 0 aliphatic carbocycles. The summed E-state index contributed by atoms with van der Waals surface area (Å²) in [5.74, 6) is -0.427. The van der Waals surface area contributed by atoms with Crippen LogP contribution < -0.4 is 10.4 Å². The number of aromatic nitrogens is 2. The molecule has 2 aromatic carbocycles. The van der Waals surface area contributed by atoms with Gasteiger partial charge in [-0.3, -0.25) is 19.7 Å². The van der Waals surface area contributed by atoms with Crippen LogP contribution in [0.3, 0.4) is 0 Å². The van der Waals surface area contributed by atoms with Crippen LogP contribution in [0.2, 0.25) is 0 Å². The predicted molar refractivity (Wildman–Crippen MR) is 162 cm³/mol. The Morgan fingerprint density at radius 2 is 1.60 bits per heavy atom. The maximum atomic E-state index is 13.4. The highest BCUT2D eigenvalue weighted by molar-refractivity contribution is 5.94. The van der Waals surface area contributed by atoms with Crippen molar-refractivity contribution >= 4 is 28.5 Å². The van der Waals surface area contributed by atoms with E-state index in [0.29, 0.717) is 25.2 Å². The summed E-state index contributed by atoms with van der Waals surface area (Å²) >= 11 is 0. The lowest BCUT2D eigenvalue weighted by Crippen LogP contribution is -2.48. The monoisotopic (exact) mass is 567 g/mol. The summed E-state index contributed by atoms with van der Waals surface area (Å²) in [4.78, 5) is 38.8. The average Bonchev–Trinajstić information content (AvgIpc) is 3.43. The number of benzene rings is 2. The molecule has 2 aliphatic heterocycles. The highest BCUT2D eigenvalue weighted by atomic mass is 16.5. The van der Waals surface area contributed by atoms with E-state index in [4.69, 9.17) is 10.2 Å². The Morgan fingerprint density at radius 1 is 0.833 bits per heavy atom. The van der Waals surface area contributed by atoms with Gasteiger partial charge in [0.2, 0.25) is 0 Å². The molecular formula is C32H37N7O3. The number of hydroxylamine groups is 1. The summed E-state index contributed by atoms with van der Waals surface area (Å²) < 4.78 is 2.08. The standard InChI is InChI=1S/C32H37N7O3/c1-35-11-13-36(14-12-35)22-25-3-2-4-28(19-25)32(41)38-17-15-37(16-18-38)29-20-27-9-10-39(30(27)33-21-29)23-24-5-7-26(8-6-24)31(40)34-42/h2-10,19-21,42H,11-18,22-23H2,1H3,(H,34,40). The lowest BCUT2D eigenvalue weighted by atomic mass is 10.1. The molecule has 2 aliphatic rings. The van der Waals surface area contributed by atoms with Gasteiger partial charge in [-0.15, -0.1) is 0 Å². The Balaban J connectivity index is 1.06. The number of nitrogens with zero attached hydrogens (tertiary/aromatic N) is 6. The third-order valence-electron chi connectivity index (χ3n) is 8.37. The van der Waals surface area contributed by atoms with E-state index >= 15 is 0 Å². The molecule has 6 rings (SSSR count). The van der Waals surface area contributed by atoms with Gasteiger partial charge in [-0.1, -0.05) is 24.3 Å². The minimum Gasteiger partial charge on any atom is -0.367 e. The molecule has 4 aromatic rings. The molecule has 0 bridgehead atoms. The SMILES string of the molecule is CN1CCN(Cc2cccc(C(=O)N3CCN(c4cnc5c(ccn5Cc5ccc(C(=O)NO)cc5)c4)CC3)c2)CC1. The molecular weight excluding hydrogens is 530 g/mol. The number of hydrogen-bond donors (Lipinski definition) is 2. The second-order valence-electron chi connectivity index (χ2n) is 11.2. The van der Waals surface area contributed by atoms with Gasteiger partial charge in [0.05, 0.1) is 11.9 Å². The number of amides is 2. The van der Waals surface area contributed by atoms with E-state index < -0.39 is 5.91 Å². The van der Waals surface area contributed by atoms with Crippen LogP contribution in [0, 0.1) is 0 Å². The number of fused-ring (bicyclic) bond motifs is 1. The van der Waals surface area contributed by atoms with Crippen molar-refractivity contribution in [1.29, 1.82) is 0 Å². The zero-order valence-electron chi connectivity index (χ0n) is 23.9. The quantitative estimate of drug-likeness (QED) is 0.262. The molecule has 2 aromatic heterocycles. The Bertz CT molecular complexity index is 1550. The lowest BCUT2D eigenvalue weighted by molar-refractivity contribution is 0.0705. The third-order valence-corrected chi connectivity index (χ3v) is 8.37. The maximum absolute atomic E-state index is 13.4. The van der Waals surface area contributed by atoms with E-state index in [0.717, 1.165) is 73.7 Å². The van der Waals surface area contributed by atoms with Gasteiger partial charge in [0, 0.05) is 88.2 Å². The second-order valence-corrected chi connectivity index (χ2v) is 11.2. The number of nitrogens with one attached hydrogen (secondary N) is 1. The summed E-state index contributed by atoms with van der Waals surface area (Å²) in [6.07, 6.45) is 3.93. The van der Waals surface area contributed by atoms with Gasteiger partial charge in [0.15, 0.2) is 0 Å². The molecule has 218 valence electrons. The van der Waals surface area contributed by atoms with Crippen molar-refractivity contribution in [3.63, 3.8) is 0 Å². The Labute approximate surface area is 245 Å². The fraction of sp³-hybridized carbons (Fsp3) is 0.344. The molecule has 42 heavy (non-hydrogen) atoms. The number of carbonyl (C=O) groups is 2. The molecule has 0 radical (unpaired) electrons. The zero-order chi connectivity index (χ0) is 29.1. The number of likely N-dealkylation sites (N-methyl/N-ethyl adjacent to an activating group) is 1. The molecule has 0 saturated carbocycles. The van der Waals surface area contributed by atoms with Crippen LogP contribution in [-0.2, 0) is 13.1 Å². The molecule has 2 fully saturated rings. The first-order chi connectivity index (χ1) is 20.5. The van der Waals surface area contributed by atoms with Crippen LogP contribution in [-0.4, -0.2) is 101 Å². The van der Waals surface area contributed by atoms with Crippen molar-refractivity contribution in [3.05, 3.63) is 95.3 Å². The van der Waals surface area contributed by atoms with E-state index in [1.54, 1.807) is 17.6 Å². The van der Waals surface area contributed by atoms with Crippen LogP contribution in [0.4, 0.5) is 5.69 Å². The number of piperazine rings is 2. The lowest BCUT2D eigenvalue weighted by Gasteiger charge is -2.36. The average molecular weight is 568 g/mol. The maximum Gasteiger partial charge on any atom is 0.274 e. The molecule has 10 nitrogen and oxygen atoms in total. The van der Waals surface area contributed by atoms with Gasteiger partial charge in [0.1, 0.15) is 5.65 Å². The van der Waals surface area contributed by atoms with Gasteiger partial charge in [-0.25, -0.2) is 10.5 Å². The van der Waals surface area contributed by atoms with Crippen LogP contribution in [0.1, 0.15) is 31.8 Å². The highest BCUT2D eigenvalue weighted by Gasteiger charge is 2.23. The van der Waals surface area contributed by atoms with Gasteiger partial charge in [-0.2, -0.15) is 0 Å². The predicted octanol–water partition coefficient (Wildman–Crippen LogP) is 2.91. The third kappa shape index (κ3) is 6.15. The zero-order valence-corrected chi connectivity index (χ0v) is 23.9. The normalized spacial score (nSPS) is 16.6. The summed E-state index contributed by atoms with van der Waals surface area (Å²) in [6, 6.07) is 19.5. The van der Waals surface area contributed by atoms with Crippen molar-refractivity contribution in [3.8, 4) is 0 Å². The summed E-state index contributed by atoms with van der Waals surface area (Å²) in [7, 11) is 2.16. The minimum atomic E-state index is -0.529. The largest absolute Gasteiger partial charge is 0.367 e. The van der Waals surface area contributed by atoms with E-state index in [9.17, 15) is 9.59 Å². The van der Waals surface area contributed by atoms with Gasteiger partial charge >= 0.3 is 0 Å². The number of hydrogen-bond acceptors (Lipinski definition) is 7. The molecule has 2 saturated heterocycles. The van der Waals surface area contributed by atoms with Crippen molar-refractivity contribution < 1.29 is 14.8 Å². The molecule has 0 unspecified atom stereocenters. The second kappa shape index (κ2) is 12.3. The molecule has 10 heteroatoms. The number of pyridine rings is 1. The van der Waals surface area contributed by atoms with Gasteiger partial charge in [-0.05, 0) is 54.6 Å². The Hall–Kier alpha value is -4.25. The smallest absolute Gasteiger partial charge is 0.274 e. The van der Waals surface area contributed by atoms with E-state index in [-0.39, 0.29) is 5.91 Å². The van der Waals surface area contributed by atoms with Crippen LogP contribution in [0.5, 0.6) is 0 Å². The van der Waals surface area contributed by atoms with Crippen LogP contribution in [0.15, 0.2) is 73.1 Å². The summed E-state index contributed by atoms with van der Waals surface area (Å²) in [5.41, 5.74) is 6.99. The number of anilines is 1. The fourth-order valence-electron chi connectivity index (χ4n) is 5.81. The van der Waals surface area contributed by atoms with Crippen molar-refractivity contribution in [2.45, 2.75) is 13.1 Å². The van der Waals surface area contributed by atoms with E-state index in [1.807, 2.05) is 41.6 Å². The molecule has 0 spiro atoms. The topological polar surface area (TPSA) is 97.2 Å². The number of carbonyl (C=O) groups excluding carboxylic acids is 2. The Kier molecular flexibility index (Phi) is 8.18. The van der Waals surface area contributed by atoms with Crippen molar-refractivity contribution in [1.82, 2.24) is 29.7 Å². The molecule has 2 N–H and O–H groups in total. The Morgan fingerprint density at radius 3 is 2.33 bits per heavy atom. The highest BCUT2D eigenvalue weighted by Crippen LogP contribution is 2.24. The summed E-state index contributed by atoms with van der Waals surface area (Å²) in [6.45, 7) is 8.65. The van der Waals surface area contributed by atoms with E-state index in [1.165, 1.54) is 5.56 Å². The van der Waals surface area contributed by atoms with Crippen molar-refractivity contribution in [2.75, 3.05) is 64.3 Å². The van der Waals surface area contributed by atoms with Crippen LogP contribution >= 0.6 is 0 Å². The van der Waals surface area contributed by atoms with Gasteiger partial charge < -0.3 is 19.3 Å². The minimum absolute atomic E-state index is 0.102. The first kappa shape index (κ1) is 27.9. The van der Waals surface area contributed by atoms with Crippen molar-refractivity contribution in [2.24, 2.45) is 0 Å². The molecule has 2 amide bonds.